The van der Waals surface area contributed by atoms with Gasteiger partial charge in [-0.3, -0.25) is 4.79 Å². The van der Waals surface area contributed by atoms with E-state index in [-0.39, 0.29) is 17.1 Å². The molecule has 0 spiro atoms. The highest BCUT2D eigenvalue weighted by atomic mass is 16.5. The van der Waals surface area contributed by atoms with Crippen molar-refractivity contribution >= 4 is 22.9 Å². The van der Waals surface area contributed by atoms with Crippen molar-refractivity contribution in [2.24, 2.45) is 0 Å². The zero-order valence-electron chi connectivity index (χ0n) is 20.0. The van der Waals surface area contributed by atoms with Crippen LogP contribution in [0.3, 0.4) is 0 Å². The summed E-state index contributed by atoms with van der Waals surface area (Å²) in [6.45, 7) is 11.1. The molecular formula is C26H29N5O3. The van der Waals surface area contributed by atoms with Crippen molar-refractivity contribution in [2.75, 3.05) is 36.5 Å². The van der Waals surface area contributed by atoms with E-state index in [1.165, 1.54) is 6.20 Å². The number of anilines is 2. The number of nitrogens with zero attached hydrogens (tertiary/aromatic N) is 4. The van der Waals surface area contributed by atoms with Gasteiger partial charge in [-0.15, -0.1) is 0 Å². The fraction of sp³-hybridized carbons (Fsp3) is 0.346. The van der Waals surface area contributed by atoms with Crippen molar-refractivity contribution < 1.29 is 13.9 Å². The minimum atomic E-state index is -0.322. The smallest absolute Gasteiger partial charge is 0.293 e. The van der Waals surface area contributed by atoms with Crippen LogP contribution in [0.1, 0.15) is 42.8 Å². The molecule has 3 aromatic heterocycles. The van der Waals surface area contributed by atoms with Gasteiger partial charge in [-0.1, -0.05) is 26.8 Å². The second-order valence-corrected chi connectivity index (χ2v) is 9.64. The predicted molar refractivity (Wildman–Crippen MR) is 132 cm³/mol. The molecule has 1 fully saturated rings. The molecular weight excluding hydrogens is 430 g/mol. The first-order valence-corrected chi connectivity index (χ1v) is 11.5. The number of carbonyl (C=O) groups is 1. The van der Waals surface area contributed by atoms with Crippen molar-refractivity contribution in [2.45, 2.75) is 33.1 Å². The zero-order chi connectivity index (χ0) is 23.9. The van der Waals surface area contributed by atoms with E-state index in [9.17, 15) is 4.79 Å². The SMILES string of the molecule is Cc1ccc(NC(=O)c2cnc(C(C)(C)C)o2)cc1-c1cc(N2CCOCC2)c2nccn2c1. The second kappa shape index (κ2) is 8.61. The van der Waals surface area contributed by atoms with Gasteiger partial charge in [0.15, 0.2) is 5.65 Å². The molecule has 1 saturated heterocycles. The summed E-state index contributed by atoms with van der Waals surface area (Å²) in [5.74, 6) is 0.407. The number of benzene rings is 1. The first-order valence-electron chi connectivity index (χ1n) is 11.5. The third-order valence-corrected chi connectivity index (χ3v) is 6.00. The Morgan fingerprint density at radius 1 is 1.12 bits per heavy atom. The number of nitrogens with one attached hydrogen (secondary N) is 1. The van der Waals surface area contributed by atoms with Gasteiger partial charge in [0.05, 0.1) is 25.1 Å². The summed E-state index contributed by atoms with van der Waals surface area (Å²) in [5.41, 5.74) is 5.63. The maximum Gasteiger partial charge on any atom is 0.293 e. The number of rotatable bonds is 4. The number of ether oxygens (including phenoxy) is 1. The number of aryl methyl sites for hydroxylation is 1. The third-order valence-electron chi connectivity index (χ3n) is 6.00. The zero-order valence-corrected chi connectivity index (χ0v) is 20.0. The van der Waals surface area contributed by atoms with E-state index in [1.807, 2.05) is 55.8 Å². The largest absolute Gasteiger partial charge is 0.435 e. The van der Waals surface area contributed by atoms with Crippen molar-refractivity contribution in [3.63, 3.8) is 0 Å². The van der Waals surface area contributed by atoms with E-state index in [4.69, 9.17) is 9.15 Å². The average molecular weight is 460 g/mol. The van der Waals surface area contributed by atoms with Crippen LogP contribution in [0, 0.1) is 6.92 Å². The van der Waals surface area contributed by atoms with E-state index in [2.05, 4.69) is 39.4 Å². The molecule has 5 rings (SSSR count). The van der Waals surface area contributed by atoms with Crippen molar-refractivity contribution in [3.05, 3.63) is 66.3 Å². The van der Waals surface area contributed by atoms with Crippen LogP contribution in [-0.4, -0.2) is 46.6 Å². The lowest BCUT2D eigenvalue weighted by molar-refractivity contribution is 0.0993. The van der Waals surface area contributed by atoms with Gasteiger partial charge in [-0.2, -0.15) is 0 Å². The Kier molecular flexibility index (Phi) is 5.61. The summed E-state index contributed by atoms with van der Waals surface area (Å²) in [4.78, 5) is 24.0. The molecule has 1 N–H and O–H groups in total. The minimum Gasteiger partial charge on any atom is -0.435 e. The maximum atomic E-state index is 12.8. The fourth-order valence-corrected chi connectivity index (χ4v) is 4.13. The van der Waals surface area contributed by atoms with Crippen LogP contribution < -0.4 is 10.2 Å². The number of hydrogen-bond donors (Lipinski definition) is 1. The van der Waals surface area contributed by atoms with Gasteiger partial charge in [0, 0.05) is 48.3 Å². The number of oxazole rings is 1. The molecule has 0 radical (unpaired) electrons. The summed E-state index contributed by atoms with van der Waals surface area (Å²) in [6, 6.07) is 8.08. The molecule has 0 unspecified atom stereocenters. The molecule has 0 saturated carbocycles. The molecule has 0 bridgehead atoms. The van der Waals surface area contributed by atoms with Gasteiger partial charge in [-0.25, -0.2) is 9.97 Å². The van der Waals surface area contributed by atoms with Crippen molar-refractivity contribution in [1.82, 2.24) is 14.4 Å². The van der Waals surface area contributed by atoms with Gasteiger partial charge in [0.1, 0.15) is 0 Å². The van der Waals surface area contributed by atoms with Crippen molar-refractivity contribution in [1.29, 1.82) is 0 Å². The molecule has 1 aliphatic heterocycles. The topological polar surface area (TPSA) is 84.9 Å². The highest BCUT2D eigenvalue weighted by Gasteiger charge is 2.23. The van der Waals surface area contributed by atoms with E-state index < -0.39 is 0 Å². The van der Waals surface area contributed by atoms with Crippen molar-refractivity contribution in [3.8, 4) is 11.1 Å². The molecule has 4 aromatic rings. The van der Waals surface area contributed by atoms with Gasteiger partial charge < -0.3 is 23.8 Å². The Balaban J connectivity index is 1.47. The van der Waals surface area contributed by atoms with Crippen LogP contribution >= 0.6 is 0 Å². The molecule has 0 aliphatic carbocycles. The fourth-order valence-electron chi connectivity index (χ4n) is 4.13. The molecule has 1 aliphatic rings. The quantitative estimate of drug-likeness (QED) is 0.477. The highest BCUT2D eigenvalue weighted by Crippen LogP contribution is 2.32. The van der Waals surface area contributed by atoms with Gasteiger partial charge in [-0.05, 0) is 36.2 Å². The van der Waals surface area contributed by atoms with E-state index in [0.717, 1.165) is 41.1 Å². The maximum absolute atomic E-state index is 12.8. The summed E-state index contributed by atoms with van der Waals surface area (Å²) < 4.78 is 13.3. The van der Waals surface area contributed by atoms with Crippen LogP contribution in [0.15, 0.2) is 53.5 Å². The Hall–Kier alpha value is -3.65. The van der Waals surface area contributed by atoms with Gasteiger partial charge in [0.25, 0.3) is 5.91 Å². The monoisotopic (exact) mass is 459 g/mol. The van der Waals surface area contributed by atoms with Crippen LogP contribution in [0.2, 0.25) is 0 Å². The standard InChI is InChI=1S/C26H29N5O3/c1-17-5-6-19(29-24(32)22-15-28-25(34-22)26(2,3)4)14-20(17)18-13-21(30-9-11-33-12-10-30)23-27-7-8-31(23)16-18/h5-8,13-16H,9-12H2,1-4H3,(H,29,32). The molecule has 4 heterocycles. The molecule has 1 aromatic carbocycles. The Bertz CT molecular complexity index is 1340. The number of hydrogen-bond acceptors (Lipinski definition) is 6. The molecule has 34 heavy (non-hydrogen) atoms. The number of imidazole rings is 1. The number of morpholine rings is 1. The Morgan fingerprint density at radius 2 is 1.91 bits per heavy atom. The predicted octanol–water partition coefficient (Wildman–Crippen LogP) is 4.68. The van der Waals surface area contributed by atoms with E-state index in [0.29, 0.717) is 24.8 Å². The number of pyridine rings is 1. The highest BCUT2D eigenvalue weighted by molar-refractivity contribution is 6.02. The lowest BCUT2D eigenvalue weighted by Crippen LogP contribution is -2.36. The molecule has 1 amide bonds. The normalized spacial score (nSPS) is 14.5. The first-order chi connectivity index (χ1) is 16.3. The van der Waals surface area contributed by atoms with Crippen LogP contribution in [0.5, 0.6) is 0 Å². The Morgan fingerprint density at radius 3 is 2.65 bits per heavy atom. The molecule has 8 nitrogen and oxygen atoms in total. The summed E-state index contributed by atoms with van der Waals surface area (Å²) in [5, 5.41) is 2.95. The minimum absolute atomic E-state index is 0.196. The number of carbonyl (C=O) groups excluding carboxylic acids is 1. The van der Waals surface area contributed by atoms with Crippen LogP contribution in [0.25, 0.3) is 16.8 Å². The lowest BCUT2D eigenvalue weighted by Gasteiger charge is -2.29. The Labute approximate surface area is 198 Å². The van der Waals surface area contributed by atoms with Gasteiger partial charge in [0.2, 0.25) is 11.7 Å². The second-order valence-electron chi connectivity index (χ2n) is 9.64. The summed E-state index contributed by atoms with van der Waals surface area (Å²) in [6.07, 6.45) is 7.33. The number of fused-ring (bicyclic) bond motifs is 1. The van der Waals surface area contributed by atoms with E-state index in [1.54, 1.807) is 0 Å². The lowest BCUT2D eigenvalue weighted by atomic mass is 9.97. The van der Waals surface area contributed by atoms with E-state index >= 15 is 0 Å². The summed E-state index contributed by atoms with van der Waals surface area (Å²) in [7, 11) is 0. The van der Waals surface area contributed by atoms with Crippen LogP contribution in [0.4, 0.5) is 11.4 Å². The van der Waals surface area contributed by atoms with Crippen LogP contribution in [-0.2, 0) is 10.2 Å². The average Bonchev–Trinajstić information content (AvgIpc) is 3.50. The summed E-state index contributed by atoms with van der Waals surface area (Å²) >= 11 is 0. The number of aromatic nitrogens is 3. The molecule has 8 heteroatoms. The molecule has 0 atom stereocenters. The molecule has 176 valence electrons. The van der Waals surface area contributed by atoms with Gasteiger partial charge >= 0.3 is 0 Å². The third kappa shape index (κ3) is 4.28. The first kappa shape index (κ1) is 22.2. The number of amides is 1.